The number of amides is 2. The van der Waals surface area contributed by atoms with Gasteiger partial charge in [-0.05, 0) is 31.5 Å². The molecule has 4 unspecified atom stereocenters. The first-order valence-corrected chi connectivity index (χ1v) is 9.30. The summed E-state index contributed by atoms with van der Waals surface area (Å²) in [6, 6.07) is 10.1. The Morgan fingerprint density at radius 3 is 2.19 bits per heavy atom. The first kappa shape index (κ1) is 21.3. The van der Waals surface area contributed by atoms with Gasteiger partial charge in [-0.2, -0.15) is 0 Å². The van der Waals surface area contributed by atoms with Crippen molar-refractivity contribution in [1.29, 1.82) is 0 Å². The molecule has 1 aromatic rings. The number of aliphatic hydroxyl groups excluding tert-OH is 2. The van der Waals surface area contributed by atoms with Gasteiger partial charge in [-0.25, -0.2) is 0 Å². The van der Waals surface area contributed by atoms with Crippen molar-refractivity contribution < 1.29 is 19.8 Å². The number of carbonyl (C=O) groups is 2. The number of aliphatic hydroxyl groups is 2. The lowest BCUT2D eigenvalue weighted by atomic mass is 9.93. The Balaban J connectivity index is 0.000000223. The van der Waals surface area contributed by atoms with E-state index in [0.717, 1.165) is 19.6 Å². The van der Waals surface area contributed by atoms with Gasteiger partial charge in [-0.15, -0.1) is 0 Å². The van der Waals surface area contributed by atoms with Crippen LogP contribution in [-0.2, 0) is 16.1 Å². The maximum atomic E-state index is 11.1. The summed E-state index contributed by atoms with van der Waals surface area (Å²) < 4.78 is 0. The lowest BCUT2D eigenvalue weighted by molar-refractivity contribution is -0.128. The maximum Gasteiger partial charge on any atom is 0.223 e. The average Bonchev–Trinajstić information content (AvgIpc) is 2.63. The number of benzene rings is 1. The molecular formula is C19H30N4O4. The number of rotatable bonds is 4. The molecule has 2 fully saturated rings. The largest absolute Gasteiger partial charge is 0.391 e. The number of nitrogens with one attached hydrogen (secondary N) is 1. The van der Waals surface area contributed by atoms with Gasteiger partial charge < -0.3 is 27.0 Å². The maximum absolute atomic E-state index is 11.1. The Labute approximate surface area is 159 Å². The zero-order chi connectivity index (χ0) is 19.8. The highest BCUT2D eigenvalue weighted by atomic mass is 16.3. The molecule has 8 nitrogen and oxygen atoms in total. The fourth-order valence-corrected chi connectivity index (χ4v) is 3.49. The lowest BCUT2D eigenvalue weighted by Gasteiger charge is -2.34. The van der Waals surface area contributed by atoms with Crippen LogP contribution in [0.5, 0.6) is 0 Å². The molecule has 2 amide bonds. The van der Waals surface area contributed by atoms with Gasteiger partial charge in [-0.3, -0.25) is 14.5 Å². The third-order valence-electron chi connectivity index (χ3n) is 5.10. The summed E-state index contributed by atoms with van der Waals surface area (Å²) in [7, 11) is 0. The summed E-state index contributed by atoms with van der Waals surface area (Å²) in [5.41, 5.74) is 11.5. The number of primary amides is 2. The van der Waals surface area contributed by atoms with Gasteiger partial charge >= 0.3 is 0 Å². The van der Waals surface area contributed by atoms with Crippen LogP contribution in [0.25, 0.3) is 0 Å². The zero-order valence-electron chi connectivity index (χ0n) is 15.5. The molecule has 4 atom stereocenters. The second-order valence-corrected chi connectivity index (χ2v) is 7.15. The quantitative estimate of drug-likeness (QED) is 0.445. The van der Waals surface area contributed by atoms with Crippen LogP contribution in [0, 0.1) is 11.8 Å². The molecule has 8 heteroatoms. The number of hydrogen-bond donors (Lipinski definition) is 5. The van der Waals surface area contributed by atoms with Crippen LogP contribution < -0.4 is 16.8 Å². The van der Waals surface area contributed by atoms with Crippen LogP contribution in [0.2, 0.25) is 0 Å². The van der Waals surface area contributed by atoms with Gasteiger partial charge in [0.25, 0.3) is 0 Å². The van der Waals surface area contributed by atoms with E-state index in [2.05, 4.69) is 22.3 Å². The summed E-state index contributed by atoms with van der Waals surface area (Å²) in [6.07, 6.45) is 0.0658. The second-order valence-electron chi connectivity index (χ2n) is 7.15. The molecule has 2 aliphatic heterocycles. The summed E-state index contributed by atoms with van der Waals surface area (Å²) in [6.45, 7) is 3.38. The fourth-order valence-electron chi connectivity index (χ4n) is 3.49. The van der Waals surface area contributed by atoms with Crippen molar-refractivity contribution in [3.63, 3.8) is 0 Å². The Kier molecular flexibility index (Phi) is 8.18. The minimum absolute atomic E-state index is 0.346. The molecular weight excluding hydrogens is 348 g/mol. The smallest absolute Gasteiger partial charge is 0.223 e. The minimum Gasteiger partial charge on any atom is -0.391 e. The number of β-amino-alcohol motifs (C(OH)–C–C–N with tert-alkyl or cyclic N) is 2. The third-order valence-corrected chi connectivity index (χ3v) is 5.10. The Morgan fingerprint density at radius 2 is 1.67 bits per heavy atom. The Morgan fingerprint density at radius 1 is 1.04 bits per heavy atom. The molecule has 2 saturated heterocycles. The van der Waals surface area contributed by atoms with Crippen molar-refractivity contribution >= 4 is 11.8 Å². The van der Waals surface area contributed by atoms with Crippen LogP contribution in [0.1, 0.15) is 18.4 Å². The second kappa shape index (κ2) is 10.4. The lowest BCUT2D eigenvalue weighted by Crippen LogP contribution is -2.47. The predicted molar refractivity (Wildman–Crippen MR) is 101 cm³/mol. The molecule has 1 aromatic carbocycles. The van der Waals surface area contributed by atoms with Crippen molar-refractivity contribution in [2.45, 2.75) is 31.6 Å². The number of nitrogens with two attached hydrogens (primary N) is 2. The van der Waals surface area contributed by atoms with E-state index in [9.17, 15) is 19.8 Å². The van der Waals surface area contributed by atoms with Crippen molar-refractivity contribution in [3.05, 3.63) is 35.9 Å². The van der Waals surface area contributed by atoms with E-state index in [4.69, 9.17) is 11.5 Å². The van der Waals surface area contributed by atoms with Crippen molar-refractivity contribution in [1.82, 2.24) is 10.2 Å². The van der Waals surface area contributed by atoms with Gasteiger partial charge in [0, 0.05) is 19.6 Å². The molecule has 0 bridgehead atoms. The highest BCUT2D eigenvalue weighted by Gasteiger charge is 2.31. The topological polar surface area (TPSA) is 142 Å². The molecule has 0 aliphatic carbocycles. The van der Waals surface area contributed by atoms with Crippen molar-refractivity contribution in [2.75, 3.05) is 26.2 Å². The van der Waals surface area contributed by atoms with Crippen LogP contribution in [0.3, 0.4) is 0 Å². The van der Waals surface area contributed by atoms with Crippen molar-refractivity contribution in [2.24, 2.45) is 23.3 Å². The van der Waals surface area contributed by atoms with E-state index in [-0.39, 0.29) is 11.8 Å². The summed E-state index contributed by atoms with van der Waals surface area (Å²) >= 11 is 0. The number of piperidine rings is 2. The van der Waals surface area contributed by atoms with Gasteiger partial charge in [0.05, 0.1) is 24.0 Å². The molecule has 0 aromatic heterocycles. The highest BCUT2D eigenvalue weighted by Crippen LogP contribution is 2.19. The average molecular weight is 378 g/mol. The number of likely N-dealkylation sites (tertiary alicyclic amines) is 1. The van der Waals surface area contributed by atoms with E-state index < -0.39 is 24.0 Å². The number of nitrogens with zero attached hydrogens (tertiary/aromatic N) is 1. The SMILES string of the molecule is NC(=O)C1CCN(Cc2ccccc2)CC1O.NC(=O)C1CCNCC1O. The molecule has 0 spiro atoms. The van der Waals surface area contributed by atoms with E-state index >= 15 is 0 Å². The summed E-state index contributed by atoms with van der Waals surface area (Å²) in [4.78, 5) is 23.8. The predicted octanol–water partition coefficient (Wildman–Crippen LogP) is -1.20. The molecule has 2 aliphatic rings. The van der Waals surface area contributed by atoms with Gasteiger partial charge in [0.2, 0.25) is 11.8 Å². The summed E-state index contributed by atoms with van der Waals surface area (Å²) in [5, 5.41) is 22.0. The van der Waals surface area contributed by atoms with Crippen LogP contribution in [0.15, 0.2) is 30.3 Å². The molecule has 150 valence electrons. The van der Waals surface area contributed by atoms with Crippen LogP contribution in [0.4, 0.5) is 0 Å². The normalized spacial score (nSPS) is 28.7. The van der Waals surface area contributed by atoms with E-state index in [1.807, 2.05) is 18.2 Å². The zero-order valence-corrected chi connectivity index (χ0v) is 15.5. The van der Waals surface area contributed by atoms with E-state index in [0.29, 0.717) is 25.9 Å². The molecule has 27 heavy (non-hydrogen) atoms. The Bertz CT molecular complexity index is 613. The molecule has 0 saturated carbocycles. The highest BCUT2D eigenvalue weighted by molar-refractivity contribution is 5.77. The van der Waals surface area contributed by atoms with Crippen LogP contribution >= 0.6 is 0 Å². The molecule has 0 radical (unpaired) electrons. The third kappa shape index (κ3) is 6.59. The standard InChI is InChI=1S/C13H18N2O2.C6H12N2O2/c14-13(17)11-6-7-15(9-12(11)16)8-10-4-2-1-3-5-10;7-6(10)4-1-2-8-3-5(4)9/h1-5,11-12,16H,6-9H2,(H2,14,17);4-5,8-9H,1-3H2,(H2,7,10). The molecule has 2 heterocycles. The van der Waals surface area contributed by atoms with E-state index in [1.54, 1.807) is 0 Å². The van der Waals surface area contributed by atoms with Gasteiger partial charge in [0.15, 0.2) is 0 Å². The minimum atomic E-state index is -0.634. The monoisotopic (exact) mass is 378 g/mol. The molecule has 3 rings (SSSR count). The number of hydrogen-bond acceptors (Lipinski definition) is 6. The van der Waals surface area contributed by atoms with E-state index in [1.165, 1.54) is 5.56 Å². The van der Waals surface area contributed by atoms with Crippen molar-refractivity contribution in [3.8, 4) is 0 Å². The summed E-state index contributed by atoms with van der Waals surface area (Å²) in [5.74, 6) is -1.52. The van der Waals surface area contributed by atoms with Crippen LogP contribution in [-0.4, -0.2) is 65.3 Å². The fraction of sp³-hybridized carbons (Fsp3) is 0.579. The van der Waals surface area contributed by atoms with Gasteiger partial charge in [0.1, 0.15) is 0 Å². The first-order valence-electron chi connectivity index (χ1n) is 9.30. The molecule has 7 N–H and O–H groups in total. The first-order chi connectivity index (χ1) is 12.9. The van der Waals surface area contributed by atoms with Gasteiger partial charge in [-0.1, -0.05) is 30.3 Å². The number of carbonyl (C=O) groups excluding carboxylic acids is 2. The Hall–Kier alpha value is -2.00.